The number of anilines is 3. The largest absolute Gasteiger partial charge is 0.494 e. The maximum Gasteiger partial charge on any atom is 0.247 e. The third kappa shape index (κ3) is 4.04. The highest BCUT2D eigenvalue weighted by molar-refractivity contribution is 5.72. The Bertz CT molecular complexity index is 1040. The molecule has 164 valence electrons. The number of hydrogen-bond acceptors (Lipinski definition) is 9. The van der Waals surface area contributed by atoms with Crippen molar-refractivity contribution in [3.8, 4) is 11.6 Å². The Morgan fingerprint density at radius 1 is 1.13 bits per heavy atom. The lowest BCUT2D eigenvalue weighted by molar-refractivity contribution is -0.0660. The van der Waals surface area contributed by atoms with Gasteiger partial charge >= 0.3 is 0 Å². The normalized spacial score (nSPS) is 17.4. The van der Waals surface area contributed by atoms with Gasteiger partial charge in [0.2, 0.25) is 5.95 Å². The average Bonchev–Trinajstić information content (AvgIpc) is 3.22. The van der Waals surface area contributed by atoms with E-state index in [1.54, 1.807) is 36.7 Å². The van der Waals surface area contributed by atoms with Crippen molar-refractivity contribution in [3.63, 3.8) is 0 Å². The highest BCUT2D eigenvalue weighted by Gasteiger charge is 2.29. The Labute approximate surface area is 182 Å². The predicted octanol–water partition coefficient (Wildman–Crippen LogP) is 1.88. The minimum absolute atomic E-state index is 0. The monoisotopic (exact) mass is 424 g/mol. The first-order valence-corrected chi connectivity index (χ1v) is 10.4. The molecule has 0 atom stereocenters. The van der Waals surface area contributed by atoms with E-state index in [9.17, 15) is 0 Å². The minimum Gasteiger partial charge on any atom is -0.494 e. The second-order valence-electron chi connectivity index (χ2n) is 7.76. The summed E-state index contributed by atoms with van der Waals surface area (Å²) >= 11 is 0. The second-order valence-corrected chi connectivity index (χ2v) is 7.76. The zero-order valence-electron chi connectivity index (χ0n) is 17.7. The highest BCUT2D eigenvalue weighted by Crippen LogP contribution is 2.35. The van der Waals surface area contributed by atoms with Crippen LogP contribution in [-0.4, -0.2) is 82.2 Å². The number of nitrogens with zero attached hydrogens (tertiary/aromatic N) is 7. The maximum absolute atomic E-state index is 5.66. The molecule has 10 heteroatoms. The second kappa shape index (κ2) is 8.48. The Kier molecular flexibility index (Phi) is 5.39. The lowest BCUT2D eigenvalue weighted by Crippen LogP contribution is -2.56. The molecule has 1 aromatic carbocycles. The number of hydrogen-bond donors (Lipinski definition) is 1. The summed E-state index contributed by atoms with van der Waals surface area (Å²) in [5.74, 6) is 1.86. The van der Waals surface area contributed by atoms with Gasteiger partial charge in [0.05, 0.1) is 38.2 Å². The van der Waals surface area contributed by atoms with Crippen molar-refractivity contribution in [1.29, 1.82) is 0 Å². The molecule has 2 aromatic heterocycles. The number of aryl methyl sites for hydroxylation is 1. The summed E-state index contributed by atoms with van der Waals surface area (Å²) in [6.45, 7) is 7.86. The van der Waals surface area contributed by atoms with Crippen molar-refractivity contribution in [3.05, 3.63) is 42.6 Å². The molecular weight excluding hydrogens is 396 g/mol. The van der Waals surface area contributed by atoms with Crippen LogP contribution in [0, 0.1) is 6.92 Å². The SMILES string of the molecule is COc1c(C)cc(N2CCN(C3COC3)CC2)cc1Nc1ncn(-c2cnccn2)n1.[HH]. The molecule has 31 heavy (non-hydrogen) atoms. The minimum atomic E-state index is 0. The molecule has 0 spiro atoms. The Hall–Kier alpha value is -3.24. The average molecular weight is 425 g/mol. The van der Waals surface area contributed by atoms with E-state index in [1.165, 1.54) is 5.69 Å². The first-order valence-electron chi connectivity index (χ1n) is 10.4. The van der Waals surface area contributed by atoms with E-state index < -0.39 is 0 Å². The number of rotatable bonds is 6. The lowest BCUT2D eigenvalue weighted by atomic mass is 10.1. The summed E-state index contributed by atoms with van der Waals surface area (Å²) in [4.78, 5) is 17.6. The summed E-state index contributed by atoms with van der Waals surface area (Å²) < 4.78 is 12.6. The summed E-state index contributed by atoms with van der Waals surface area (Å²) in [5, 5.41) is 7.78. The molecule has 2 aliphatic heterocycles. The molecule has 3 aromatic rings. The standard InChI is InChI=1S/C21H26N8O2.H2/c1-15-9-16(27-5-7-28(8-6-27)17-12-31-13-17)10-18(20(15)30-2)25-21-24-14-29(26-21)19-11-22-3-4-23-19;/h3-4,9-11,14,17H,5-8,12-13H2,1-2H3,(H,25,26);1H. The molecular formula is C21H28N8O2. The molecule has 0 unspecified atom stereocenters. The summed E-state index contributed by atoms with van der Waals surface area (Å²) in [7, 11) is 1.68. The first-order chi connectivity index (χ1) is 15.2. The molecule has 0 amide bonds. The fraction of sp³-hybridized carbons (Fsp3) is 0.429. The van der Waals surface area contributed by atoms with Gasteiger partial charge in [-0.25, -0.2) is 4.98 Å². The molecule has 10 nitrogen and oxygen atoms in total. The Morgan fingerprint density at radius 3 is 2.65 bits per heavy atom. The highest BCUT2D eigenvalue weighted by atomic mass is 16.5. The zero-order chi connectivity index (χ0) is 21.2. The van der Waals surface area contributed by atoms with Gasteiger partial charge in [-0.2, -0.15) is 9.67 Å². The third-order valence-electron chi connectivity index (χ3n) is 5.80. The van der Waals surface area contributed by atoms with Crippen molar-refractivity contribution in [1.82, 2.24) is 29.6 Å². The molecule has 2 saturated heterocycles. The van der Waals surface area contributed by atoms with Crippen molar-refractivity contribution in [2.75, 3.05) is 56.7 Å². The maximum atomic E-state index is 5.66. The van der Waals surface area contributed by atoms with Crippen LogP contribution in [0.25, 0.3) is 5.82 Å². The van der Waals surface area contributed by atoms with Gasteiger partial charge in [-0.1, -0.05) is 0 Å². The van der Waals surface area contributed by atoms with Crippen LogP contribution in [-0.2, 0) is 4.74 Å². The van der Waals surface area contributed by atoms with E-state index in [0.29, 0.717) is 17.8 Å². The fourth-order valence-electron chi connectivity index (χ4n) is 4.04. The van der Waals surface area contributed by atoms with Gasteiger partial charge in [0.1, 0.15) is 12.1 Å². The van der Waals surface area contributed by atoms with Crippen molar-refractivity contribution >= 4 is 17.3 Å². The van der Waals surface area contributed by atoms with Crippen LogP contribution in [0.15, 0.2) is 37.1 Å². The van der Waals surface area contributed by atoms with Gasteiger partial charge in [0.15, 0.2) is 5.82 Å². The number of ether oxygens (including phenoxy) is 2. The van der Waals surface area contributed by atoms with Crippen molar-refractivity contribution < 1.29 is 10.9 Å². The van der Waals surface area contributed by atoms with Gasteiger partial charge in [0, 0.05) is 45.7 Å². The van der Waals surface area contributed by atoms with Crippen LogP contribution >= 0.6 is 0 Å². The molecule has 1 N–H and O–H groups in total. The van der Waals surface area contributed by atoms with Crippen molar-refractivity contribution in [2.24, 2.45) is 0 Å². The van der Waals surface area contributed by atoms with Crippen LogP contribution in [0.3, 0.4) is 0 Å². The van der Waals surface area contributed by atoms with E-state index in [2.05, 4.69) is 54.2 Å². The van der Waals surface area contributed by atoms with Gasteiger partial charge in [-0.15, -0.1) is 5.10 Å². The molecule has 0 radical (unpaired) electrons. The summed E-state index contributed by atoms with van der Waals surface area (Å²) in [6, 6.07) is 4.88. The van der Waals surface area contributed by atoms with Crippen LogP contribution in [0.5, 0.6) is 5.75 Å². The number of piperazine rings is 1. The number of benzene rings is 1. The molecule has 0 bridgehead atoms. The Balaban J connectivity index is 0.00000245. The topological polar surface area (TPSA) is 93.5 Å². The van der Waals surface area contributed by atoms with Crippen LogP contribution < -0.4 is 15.0 Å². The van der Waals surface area contributed by atoms with Gasteiger partial charge in [-0.3, -0.25) is 9.88 Å². The Morgan fingerprint density at radius 2 is 1.97 bits per heavy atom. The van der Waals surface area contributed by atoms with E-state index in [0.717, 1.165) is 56.4 Å². The lowest BCUT2D eigenvalue weighted by Gasteiger charge is -2.43. The van der Waals surface area contributed by atoms with E-state index >= 15 is 0 Å². The fourth-order valence-corrected chi connectivity index (χ4v) is 4.04. The zero-order valence-corrected chi connectivity index (χ0v) is 17.7. The van der Waals surface area contributed by atoms with Gasteiger partial charge in [0.25, 0.3) is 0 Å². The van der Waals surface area contributed by atoms with E-state index in [1.807, 2.05) is 0 Å². The summed E-state index contributed by atoms with van der Waals surface area (Å²) in [5.41, 5.74) is 3.06. The van der Waals surface area contributed by atoms with E-state index in [-0.39, 0.29) is 1.43 Å². The van der Waals surface area contributed by atoms with Crippen LogP contribution in [0.2, 0.25) is 0 Å². The molecule has 2 fully saturated rings. The van der Waals surface area contributed by atoms with Crippen LogP contribution in [0.1, 0.15) is 6.99 Å². The quantitative estimate of drug-likeness (QED) is 0.636. The number of nitrogens with one attached hydrogen (secondary N) is 1. The summed E-state index contributed by atoms with van der Waals surface area (Å²) in [6.07, 6.45) is 6.49. The smallest absolute Gasteiger partial charge is 0.247 e. The molecule has 5 rings (SSSR count). The van der Waals surface area contributed by atoms with E-state index in [4.69, 9.17) is 9.47 Å². The van der Waals surface area contributed by atoms with Crippen molar-refractivity contribution in [2.45, 2.75) is 13.0 Å². The number of aromatic nitrogens is 5. The first kappa shape index (κ1) is 19.7. The molecule has 0 saturated carbocycles. The van der Waals surface area contributed by atoms with Gasteiger partial charge < -0.3 is 19.7 Å². The predicted molar refractivity (Wildman–Crippen MR) is 118 cm³/mol. The molecule has 0 aliphatic carbocycles. The third-order valence-corrected chi connectivity index (χ3v) is 5.80. The van der Waals surface area contributed by atoms with Crippen LogP contribution in [0.4, 0.5) is 17.3 Å². The number of methoxy groups -OCH3 is 1. The molecule has 4 heterocycles. The molecule has 2 aliphatic rings. The van der Waals surface area contributed by atoms with Gasteiger partial charge in [-0.05, 0) is 24.6 Å².